The Kier molecular flexibility index (Phi) is 1.24. The summed E-state index contributed by atoms with van der Waals surface area (Å²) in [7, 11) is 0. The van der Waals surface area contributed by atoms with E-state index in [1.807, 2.05) is 11.4 Å². The molecule has 0 aliphatic heterocycles. The van der Waals surface area contributed by atoms with E-state index in [-0.39, 0.29) is 0 Å². The number of thiophene rings is 1. The summed E-state index contributed by atoms with van der Waals surface area (Å²) < 4.78 is 0. The third-order valence-corrected chi connectivity index (χ3v) is 2.75. The van der Waals surface area contributed by atoms with Gasteiger partial charge in [0.25, 0.3) is 0 Å². The van der Waals surface area contributed by atoms with Crippen LogP contribution >= 0.6 is 11.3 Å². The molecule has 1 aromatic heterocycles. The molecule has 52 valence electrons. The summed E-state index contributed by atoms with van der Waals surface area (Å²) in [6.07, 6.45) is 1.95. The molecule has 0 atom stereocenters. The highest BCUT2D eigenvalue weighted by Crippen LogP contribution is 2.26. The van der Waals surface area contributed by atoms with Gasteiger partial charge in [-0.05, 0) is 24.3 Å². The first-order chi connectivity index (χ1) is 4.92. The number of rotatable bonds is 0. The summed E-state index contributed by atoms with van der Waals surface area (Å²) in [6, 6.07) is 2.02. The fourth-order valence-electron chi connectivity index (χ4n) is 1.26. The normalized spacial score (nSPS) is 19.8. The fourth-order valence-corrected chi connectivity index (χ4v) is 2.16. The quantitative estimate of drug-likeness (QED) is 0.448. The minimum atomic E-state index is 0.844. The molecule has 1 heterocycles. The summed E-state index contributed by atoms with van der Waals surface area (Å²) in [4.78, 5) is 1.35. The fraction of sp³-hybridized carbons (Fsp3) is 0.286. The predicted octanol–water partition coefficient (Wildman–Crippen LogP) is 1.87. The van der Waals surface area contributed by atoms with Crippen LogP contribution in [0.25, 0.3) is 0 Å². The number of oxime groups is 1. The SMILES string of the molecule is O/N=C1/CCc2sccc21. The number of aryl methyl sites for hydroxylation is 1. The molecule has 0 amide bonds. The van der Waals surface area contributed by atoms with Crippen LogP contribution in [0.4, 0.5) is 0 Å². The van der Waals surface area contributed by atoms with Crippen LogP contribution < -0.4 is 0 Å². The van der Waals surface area contributed by atoms with Crippen molar-refractivity contribution in [1.82, 2.24) is 0 Å². The van der Waals surface area contributed by atoms with Crippen molar-refractivity contribution in [2.45, 2.75) is 12.8 Å². The van der Waals surface area contributed by atoms with Crippen molar-refractivity contribution in [2.24, 2.45) is 5.16 Å². The Hall–Kier alpha value is -0.830. The van der Waals surface area contributed by atoms with Gasteiger partial charge in [0.1, 0.15) is 0 Å². The summed E-state index contributed by atoms with van der Waals surface area (Å²) in [5, 5.41) is 13.8. The van der Waals surface area contributed by atoms with Crippen LogP contribution in [0.2, 0.25) is 0 Å². The van der Waals surface area contributed by atoms with Gasteiger partial charge in [-0.1, -0.05) is 5.16 Å². The lowest BCUT2D eigenvalue weighted by atomic mass is 10.2. The maximum Gasteiger partial charge on any atom is 0.0882 e. The molecule has 3 heteroatoms. The third-order valence-electron chi connectivity index (χ3n) is 1.77. The van der Waals surface area contributed by atoms with E-state index in [1.54, 1.807) is 11.3 Å². The molecule has 2 rings (SSSR count). The van der Waals surface area contributed by atoms with E-state index >= 15 is 0 Å². The van der Waals surface area contributed by atoms with Crippen LogP contribution in [0, 0.1) is 0 Å². The van der Waals surface area contributed by atoms with Gasteiger partial charge in [-0.2, -0.15) is 0 Å². The van der Waals surface area contributed by atoms with Crippen molar-refractivity contribution in [2.75, 3.05) is 0 Å². The van der Waals surface area contributed by atoms with Crippen LogP contribution in [0.5, 0.6) is 0 Å². The van der Waals surface area contributed by atoms with Crippen molar-refractivity contribution in [3.8, 4) is 0 Å². The number of fused-ring (bicyclic) bond motifs is 1. The van der Waals surface area contributed by atoms with E-state index in [0.29, 0.717) is 0 Å². The van der Waals surface area contributed by atoms with Gasteiger partial charge in [0.2, 0.25) is 0 Å². The van der Waals surface area contributed by atoms with E-state index in [1.165, 1.54) is 4.88 Å². The summed E-state index contributed by atoms with van der Waals surface area (Å²) >= 11 is 1.74. The van der Waals surface area contributed by atoms with E-state index < -0.39 is 0 Å². The average Bonchev–Trinajstić information content (AvgIpc) is 2.44. The molecule has 0 aromatic carbocycles. The highest BCUT2D eigenvalue weighted by molar-refractivity contribution is 7.10. The lowest BCUT2D eigenvalue weighted by Gasteiger charge is -1.87. The van der Waals surface area contributed by atoms with Crippen LogP contribution in [-0.4, -0.2) is 10.9 Å². The molecule has 1 aliphatic carbocycles. The first-order valence-electron chi connectivity index (χ1n) is 3.19. The second-order valence-corrected chi connectivity index (χ2v) is 3.30. The predicted molar refractivity (Wildman–Crippen MR) is 41.0 cm³/mol. The third kappa shape index (κ3) is 0.671. The van der Waals surface area contributed by atoms with E-state index in [0.717, 1.165) is 24.1 Å². The highest BCUT2D eigenvalue weighted by Gasteiger charge is 2.18. The minimum Gasteiger partial charge on any atom is -0.411 e. The Balaban J connectivity index is 2.53. The Morgan fingerprint density at radius 3 is 3.20 bits per heavy atom. The Morgan fingerprint density at radius 2 is 2.40 bits per heavy atom. The second-order valence-electron chi connectivity index (χ2n) is 2.30. The molecule has 0 saturated heterocycles. The van der Waals surface area contributed by atoms with E-state index in [2.05, 4.69) is 5.16 Å². The molecule has 0 spiro atoms. The second kappa shape index (κ2) is 2.09. The molecule has 0 saturated carbocycles. The molecule has 0 bridgehead atoms. The molecule has 1 N–H and O–H groups in total. The van der Waals surface area contributed by atoms with Crippen LogP contribution in [0.15, 0.2) is 16.6 Å². The average molecular weight is 153 g/mol. The standard InChI is InChI=1S/C7H7NOS/c9-8-6-1-2-7-5(6)3-4-10-7/h3-4,9H,1-2H2/b8-6-. The van der Waals surface area contributed by atoms with Gasteiger partial charge < -0.3 is 5.21 Å². The van der Waals surface area contributed by atoms with Gasteiger partial charge in [0, 0.05) is 10.4 Å². The van der Waals surface area contributed by atoms with Crippen LogP contribution in [0.3, 0.4) is 0 Å². The van der Waals surface area contributed by atoms with Crippen molar-refractivity contribution < 1.29 is 5.21 Å². The van der Waals surface area contributed by atoms with Gasteiger partial charge in [-0.3, -0.25) is 0 Å². The largest absolute Gasteiger partial charge is 0.411 e. The molecule has 0 radical (unpaired) electrons. The molecular formula is C7H7NOS. The van der Waals surface area contributed by atoms with Gasteiger partial charge in [-0.15, -0.1) is 11.3 Å². The molecule has 0 fully saturated rings. The van der Waals surface area contributed by atoms with Crippen molar-refractivity contribution in [3.63, 3.8) is 0 Å². The topological polar surface area (TPSA) is 32.6 Å². The number of nitrogens with zero attached hydrogens (tertiary/aromatic N) is 1. The van der Waals surface area contributed by atoms with E-state index in [9.17, 15) is 0 Å². The Bertz CT molecular complexity index is 277. The van der Waals surface area contributed by atoms with Crippen LogP contribution in [-0.2, 0) is 6.42 Å². The molecule has 1 aromatic rings. The Labute approximate surface area is 62.8 Å². The molecule has 1 aliphatic rings. The summed E-state index contributed by atoms with van der Waals surface area (Å²) in [5.41, 5.74) is 1.99. The lowest BCUT2D eigenvalue weighted by Crippen LogP contribution is -1.90. The van der Waals surface area contributed by atoms with Gasteiger partial charge >= 0.3 is 0 Å². The minimum absolute atomic E-state index is 0.844. The molecule has 2 nitrogen and oxygen atoms in total. The highest BCUT2D eigenvalue weighted by atomic mass is 32.1. The maximum atomic E-state index is 8.52. The van der Waals surface area contributed by atoms with Crippen LogP contribution in [0.1, 0.15) is 16.9 Å². The lowest BCUT2D eigenvalue weighted by molar-refractivity contribution is 0.318. The van der Waals surface area contributed by atoms with Gasteiger partial charge in [-0.25, -0.2) is 0 Å². The van der Waals surface area contributed by atoms with Gasteiger partial charge in [0.15, 0.2) is 0 Å². The monoisotopic (exact) mass is 153 g/mol. The first kappa shape index (κ1) is 5.92. The van der Waals surface area contributed by atoms with E-state index in [4.69, 9.17) is 5.21 Å². The zero-order valence-corrected chi connectivity index (χ0v) is 6.19. The molecular weight excluding hydrogens is 146 g/mol. The smallest absolute Gasteiger partial charge is 0.0882 e. The number of hydrogen-bond donors (Lipinski definition) is 1. The zero-order chi connectivity index (χ0) is 6.97. The number of hydrogen-bond acceptors (Lipinski definition) is 3. The zero-order valence-electron chi connectivity index (χ0n) is 5.37. The van der Waals surface area contributed by atoms with Crippen molar-refractivity contribution in [1.29, 1.82) is 0 Å². The van der Waals surface area contributed by atoms with Crippen molar-refractivity contribution >= 4 is 17.0 Å². The molecule has 0 unspecified atom stereocenters. The van der Waals surface area contributed by atoms with Gasteiger partial charge in [0.05, 0.1) is 5.71 Å². The first-order valence-corrected chi connectivity index (χ1v) is 4.07. The van der Waals surface area contributed by atoms with Crippen molar-refractivity contribution in [3.05, 3.63) is 21.9 Å². The Morgan fingerprint density at radius 1 is 1.50 bits per heavy atom. The summed E-state index contributed by atoms with van der Waals surface area (Å²) in [6.45, 7) is 0. The maximum absolute atomic E-state index is 8.52. The molecule has 10 heavy (non-hydrogen) atoms. The summed E-state index contributed by atoms with van der Waals surface area (Å²) in [5.74, 6) is 0.